The van der Waals surface area contributed by atoms with Crippen molar-refractivity contribution in [2.45, 2.75) is 44.1 Å². The first-order valence-corrected chi connectivity index (χ1v) is 7.98. The van der Waals surface area contributed by atoms with Crippen LogP contribution in [-0.2, 0) is 14.8 Å². The van der Waals surface area contributed by atoms with Crippen molar-refractivity contribution in [3.63, 3.8) is 0 Å². The van der Waals surface area contributed by atoms with E-state index in [1.54, 1.807) is 12.1 Å². The van der Waals surface area contributed by atoms with Crippen molar-refractivity contribution in [3.05, 3.63) is 29.8 Å². The highest BCUT2D eigenvalue weighted by atomic mass is 32.2. The summed E-state index contributed by atoms with van der Waals surface area (Å²) in [5.41, 5.74) is 1.06. The summed E-state index contributed by atoms with van der Waals surface area (Å²) in [5.74, 6) is 0.148. The van der Waals surface area contributed by atoms with Gasteiger partial charge in [-0.15, -0.1) is 0 Å². The zero-order valence-corrected chi connectivity index (χ0v) is 12.8. The number of aliphatic hydroxyl groups is 1. The van der Waals surface area contributed by atoms with Gasteiger partial charge < -0.3 is 5.11 Å². The molecule has 2 N–H and O–H groups in total. The molecule has 1 aromatic rings. The molecule has 0 spiro atoms. The van der Waals surface area contributed by atoms with Gasteiger partial charge in [0.15, 0.2) is 0 Å². The van der Waals surface area contributed by atoms with Crippen molar-refractivity contribution in [2.75, 3.05) is 6.54 Å². The molecule has 1 rings (SSSR count). The summed E-state index contributed by atoms with van der Waals surface area (Å²) in [7, 11) is -3.65. The topological polar surface area (TPSA) is 83.5 Å². The molecule has 0 bridgehead atoms. The Labute approximate surface area is 120 Å². The maximum atomic E-state index is 12.0. The van der Waals surface area contributed by atoms with Crippen molar-refractivity contribution in [1.29, 1.82) is 0 Å². The van der Waals surface area contributed by atoms with Crippen LogP contribution in [0.4, 0.5) is 0 Å². The summed E-state index contributed by atoms with van der Waals surface area (Å²) in [6, 6.07) is 6.61. The Hall–Kier alpha value is -1.24. The van der Waals surface area contributed by atoms with E-state index in [0.29, 0.717) is 5.92 Å². The monoisotopic (exact) mass is 299 g/mol. The summed E-state index contributed by atoms with van der Waals surface area (Å²) in [6.45, 7) is 5.23. The van der Waals surface area contributed by atoms with Crippen molar-refractivity contribution < 1.29 is 18.3 Å². The Balaban J connectivity index is 2.71. The Morgan fingerprint density at radius 3 is 2.25 bits per heavy atom. The van der Waals surface area contributed by atoms with Gasteiger partial charge in [0, 0.05) is 13.0 Å². The van der Waals surface area contributed by atoms with Crippen LogP contribution in [0.3, 0.4) is 0 Å². The van der Waals surface area contributed by atoms with E-state index in [1.807, 2.05) is 13.8 Å². The highest BCUT2D eigenvalue weighted by Crippen LogP contribution is 2.17. The Bertz CT molecular complexity index is 549. The number of hydrogen-bond acceptors (Lipinski definition) is 4. The normalized spacial score (nSPS) is 13.4. The van der Waals surface area contributed by atoms with E-state index in [9.17, 15) is 18.3 Å². The zero-order chi connectivity index (χ0) is 15.3. The summed E-state index contributed by atoms with van der Waals surface area (Å²) >= 11 is 0. The largest absolute Gasteiger partial charge is 0.391 e. The minimum Gasteiger partial charge on any atom is -0.391 e. The quantitative estimate of drug-likeness (QED) is 0.798. The predicted octanol–water partition coefficient (Wildman–Crippen LogP) is 1.43. The van der Waals surface area contributed by atoms with Gasteiger partial charge in [0.2, 0.25) is 10.0 Å². The minimum absolute atomic E-state index is 0.0607. The van der Waals surface area contributed by atoms with E-state index >= 15 is 0 Å². The molecular formula is C14H21NO4S. The number of aliphatic hydroxyl groups excluding tert-OH is 1. The third kappa shape index (κ3) is 5.03. The van der Waals surface area contributed by atoms with Gasteiger partial charge in [-0.3, -0.25) is 4.79 Å². The molecule has 0 saturated heterocycles. The van der Waals surface area contributed by atoms with Crippen molar-refractivity contribution in [3.8, 4) is 0 Å². The number of nitrogens with one attached hydrogen (secondary N) is 1. The third-order valence-electron chi connectivity index (χ3n) is 2.89. The van der Waals surface area contributed by atoms with E-state index in [1.165, 1.54) is 19.1 Å². The maximum Gasteiger partial charge on any atom is 0.240 e. The van der Waals surface area contributed by atoms with Crippen LogP contribution in [0.5, 0.6) is 0 Å². The summed E-state index contributed by atoms with van der Waals surface area (Å²) in [4.78, 5) is 11.0. The molecular weight excluding hydrogens is 278 g/mol. The van der Waals surface area contributed by atoms with Crippen LogP contribution in [0.2, 0.25) is 0 Å². The molecule has 0 amide bonds. The second-order valence-electron chi connectivity index (χ2n) is 5.14. The smallest absolute Gasteiger partial charge is 0.240 e. The van der Waals surface area contributed by atoms with Crippen LogP contribution in [0.1, 0.15) is 38.7 Å². The molecule has 6 heteroatoms. The van der Waals surface area contributed by atoms with Gasteiger partial charge >= 0.3 is 0 Å². The second-order valence-corrected chi connectivity index (χ2v) is 6.90. The lowest BCUT2D eigenvalue weighted by Gasteiger charge is -2.12. The number of benzene rings is 1. The molecule has 0 radical (unpaired) electrons. The highest BCUT2D eigenvalue weighted by Gasteiger charge is 2.16. The Morgan fingerprint density at radius 2 is 1.80 bits per heavy atom. The molecule has 0 aliphatic carbocycles. The van der Waals surface area contributed by atoms with E-state index in [-0.39, 0.29) is 23.6 Å². The SMILES string of the molecule is CC(=O)CC(O)CNS(=O)(=O)c1ccc(C(C)C)cc1. The standard InChI is InChI=1S/C14H21NO4S/c1-10(2)12-4-6-14(7-5-12)20(18,19)15-9-13(17)8-11(3)16/h4-7,10,13,15,17H,8-9H2,1-3H3. The lowest BCUT2D eigenvalue weighted by atomic mass is 10.0. The molecule has 112 valence electrons. The molecule has 0 fully saturated rings. The summed E-state index contributed by atoms with van der Waals surface area (Å²) < 4.78 is 26.3. The van der Waals surface area contributed by atoms with Gasteiger partial charge in [0.05, 0.1) is 11.0 Å². The first kappa shape index (κ1) is 16.8. The highest BCUT2D eigenvalue weighted by molar-refractivity contribution is 7.89. The van der Waals surface area contributed by atoms with Crippen LogP contribution in [0, 0.1) is 0 Å². The first-order valence-electron chi connectivity index (χ1n) is 6.49. The van der Waals surface area contributed by atoms with Crippen LogP contribution in [0.25, 0.3) is 0 Å². The predicted molar refractivity (Wildman–Crippen MR) is 77.0 cm³/mol. The van der Waals surface area contributed by atoms with Crippen LogP contribution >= 0.6 is 0 Å². The molecule has 0 saturated carbocycles. The fraction of sp³-hybridized carbons (Fsp3) is 0.500. The summed E-state index contributed by atoms with van der Waals surface area (Å²) in [6.07, 6.45) is -1.06. The molecule has 0 aromatic heterocycles. The van der Waals surface area contributed by atoms with E-state index in [2.05, 4.69) is 4.72 Å². The lowest BCUT2D eigenvalue weighted by molar-refractivity contribution is -0.118. The van der Waals surface area contributed by atoms with E-state index in [0.717, 1.165) is 5.56 Å². The van der Waals surface area contributed by atoms with Gasteiger partial charge in [-0.05, 0) is 30.5 Å². The first-order chi connectivity index (χ1) is 9.22. The number of carbonyl (C=O) groups is 1. The van der Waals surface area contributed by atoms with Gasteiger partial charge in [-0.1, -0.05) is 26.0 Å². The van der Waals surface area contributed by atoms with Gasteiger partial charge in [0.25, 0.3) is 0 Å². The number of ketones is 1. The molecule has 0 heterocycles. The molecule has 1 aromatic carbocycles. The maximum absolute atomic E-state index is 12.0. The van der Waals surface area contributed by atoms with Gasteiger partial charge in [-0.25, -0.2) is 13.1 Å². The second kappa shape index (κ2) is 6.97. The molecule has 1 atom stereocenters. The Morgan fingerprint density at radius 1 is 1.25 bits per heavy atom. The van der Waals surface area contributed by atoms with Crippen LogP contribution in [0.15, 0.2) is 29.2 Å². The fourth-order valence-corrected chi connectivity index (χ4v) is 2.80. The van der Waals surface area contributed by atoms with Crippen LogP contribution < -0.4 is 4.72 Å². The van der Waals surface area contributed by atoms with Crippen molar-refractivity contribution >= 4 is 15.8 Å². The summed E-state index contributed by atoms with van der Waals surface area (Å²) in [5, 5.41) is 9.50. The minimum atomic E-state index is -3.65. The van der Waals surface area contributed by atoms with Gasteiger partial charge in [-0.2, -0.15) is 0 Å². The molecule has 1 unspecified atom stereocenters. The molecule has 0 aliphatic rings. The number of rotatable bonds is 7. The van der Waals surface area contributed by atoms with Crippen LogP contribution in [-0.4, -0.2) is 32.0 Å². The average Bonchev–Trinajstić information content (AvgIpc) is 2.36. The number of carbonyl (C=O) groups excluding carboxylic acids is 1. The van der Waals surface area contributed by atoms with E-state index in [4.69, 9.17) is 0 Å². The molecule has 20 heavy (non-hydrogen) atoms. The number of hydrogen-bond donors (Lipinski definition) is 2. The lowest BCUT2D eigenvalue weighted by Crippen LogP contribution is -2.33. The molecule has 5 nitrogen and oxygen atoms in total. The van der Waals surface area contributed by atoms with Gasteiger partial charge in [0.1, 0.15) is 5.78 Å². The number of sulfonamides is 1. The molecule has 0 aliphatic heterocycles. The van der Waals surface area contributed by atoms with Crippen molar-refractivity contribution in [1.82, 2.24) is 4.72 Å². The Kier molecular flexibility index (Phi) is 5.86. The zero-order valence-electron chi connectivity index (χ0n) is 12.0. The van der Waals surface area contributed by atoms with E-state index < -0.39 is 16.1 Å². The van der Waals surface area contributed by atoms with Crippen molar-refractivity contribution in [2.24, 2.45) is 0 Å². The third-order valence-corrected chi connectivity index (χ3v) is 4.33. The fourth-order valence-electron chi connectivity index (χ4n) is 1.73. The average molecular weight is 299 g/mol. The number of Topliss-reactive ketones (excluding diaryl/α,β-unsaturated/α-hetero) is 1.